The molecule has 6 nitrogen and oxygen atoms in total. The number of likely N-dealkylation sites (N-methyl/N-ethyl adjacent to an activating group) is 1. The Balaban J connectivity index is 2.73. The van der Waals surface area contributed by atoms with Gasteiger partial charge in [0, 0.05) is 6.54 Å². The topological polar surface area (TPSA) is 68.2 Å². The van der Waals surface area contributed by atoms with Crippen LogP contribution >= 0.6 is 0 Å². The van der Waals surface area contributed by atoms with Gasteiger partial charge < -0.3 is 14.4 Å². The third-order valence-corrected chi connectivity index (χ3v) is 3.36. The summed E-state index contributed by atoms with van der Waals surface area (Å²) >= 11 is 0. The van der Waals surface area contributed by atoms with Crippen molar-refractivity contribution in [3.05, 3.63) is 23.8 Å². The molecule has 0 unspecified atom stereocenters. The second-order valence-corrected chi connectivity index (χ2v) is 4.90. The van der Waals surface area contributed by atoms with Gasteiger partial charge in [0.1, 0.15) is 18.0 Å². The van der Waals surface area contributed by atoms with Crippen molar-refractivity contribution in [3.8, 4) is 5.75 Å². The Bertz CT molecular complexity index is 550. The average Bonchev–Trinajstić information content (AvgIpc) is 2.57. The molecule has 1 rings (SSSR count). The van der Waals surface area contributed by atoms with Crippen LogP contribution in [-0.2, 0) is 9.53 Å². The SMILES string of the molecule is CCCOc1ccc(C(=O)OCCN(CC)CC)cc1N=C=O. The molecule has 0 amide bonds. The maximum atomic E-state index is 12.1. The van der Waals surface area contributed by atoms with Crippen LogP contribution in [0.3, 0.4) is 0 Å². The normalized spacial score (nSPS) is 10.3. The van der Waals surface area contributed by atoms with Crippen LogP contribution in [0.1, 0.15) is 37.6 Å². The first-order chi connectivity index (χ1) is 11.2. The van der Waals surface area contributed by atoms with Gasteiger partial charge in [0.2, 0.25) is 6.08 Å². The predicted molar refractivity (Wildman–Crippen MR) is 88.1 cm³/mol. The van der Waals surface area contributed by atoms with E-state index in [9.17, 15) is 9.59 Å². The number of ether oxygens (including phenoxy) is 2. The van der Waals surface area contributed by atoms with Crippen molar-refractivity contribution >= 4 is 17.7 Å². The monoisotopic (exact) mass is 320 g/mol. The van der Waals surface area contributed by atoms with Gasteiger partial charge in [-0.1, -0.05) is 20.8 Å². The Kier molecular flexibility index (Phi) is 8.65. The van der Waals surface area contributed by atoms with Gasteiger partial charge in [-0.05, 0) is 37.7 Å². The highest BCUT2D eigenvalue weighted by Crippen LogP contribution is 2.28. The summed E-state index contributed by atoms with van der Waals surface area (Å²) in [5.41, 5.74) is 0.619. The van der Waals surface area contributed by atoms with Gasteiger partial charge >= 0.3 is 5.97 Å². The van der Waals surface area contributed by atoms with Crippen LogP contribution in [0.5, 0.6) is 5.75 Å². The minimum Gasteiger partial charge on any atom is -0.491 e. The summed E-state index contributed by atoms with van der Waals surface area (Å²) in [5.74, 6) is 0.0106. The van der Waals surface area contributed by atoms with E-state index in [1.807, 2.05) is 6.92 Å². The van der Waals surface area contributed by atoms with Crippen molar-refractivity contribution in [3.63, 3.8) is 0 Å². The van der Waals surface area contributed by atoms with E-state index >= 15 is 0 Å². The Morgan fingerprint density at radius 3 is 2.57 bits per heavy atom. The maximum Gasteiger partial charge on any atom is 0.338 e. The van der Waals surface area contributed by atoms with Crippen LogP contribution in [-0.4, -0.2) is 49.8 Å². The molecule has 0 radical (unpaired) electrons. The Morgan fingerprint density at radius 1 is 1.22 bits per heavy atom. The standard InChI is InChI=1S/C17H24N2O4/c1-4-10-22-16-8-7-14(12-15(16)18-13-20)17(21)23-11-9-19(5-2)6-3/h7-8,12H,4-6,9-11H2,1-3H3. The van der Waals surface area contributed by atoms with Crippen molar-refractivity contribution in [2.45, 2.75) is 27.2 Å². The molecule has 0 atom stereocenters. The first-order valence-electron chi connectivity index (χ1n) is 7.90. The van der Waals surface area contributed by atoms with Gasteiger partial charge in [-0.3, -0.25) is 0 Å². The molecule has 0 aliphatic carbocycles. The highest BCUT2D eigenvalue weighted by Gasteiger charge is 2.12. The van der Waals surface area contributed by atoms with Crippen molar-refractivity contribution in [2.75, 3.05) is 32.8 Å². The van der Waals surface area contributed by atoms with Crippen LogP contribution < -0.4 is 4.74 Å². The van der Waals surface area contributed by atoms with Crippen molar-refractivity contribution in [1.82, 2.24) is 4.90 Å². The first kappa shape index (κ1) is 18.9. The molecule has 0 saturated heterocycles. The zero-order valence-corrected chi connectivity index (χ0v) is 14.0. The first-order valence-corrected chi connectivity index (χ1v) is 7.90. The lowest BCUT2D eigenvalue weighted by atomic mass is 10.2. The maximum absolute atomic E-state index is 12.1. The fourth-order valence-electron chi connectivity index (χ4n) is 2.01. The fraction of sp³-hybridized carbons (Fsp3) is 0.529. The summed E-state index contributed by atoms with van der Waals surface area (Å²) in [6.07, 6.45) is 2.31. The molecule has 0 heterocycles. The summed E-state index contributed by atoms with van der Waals surface area (Å²) < 4.78 is 10.7. The Hall–Kier alpha value is -2.17. The van der Waals surface area contributed by atoms with Gasteiger partial charge in [-0.2, -0.15) is 4.99 Å². The molecule has 0 aromatic heterocycles. The summed E-state index contributed by atoms with van der Waals surface area (Å²) in [6.45, 7) is 9.44. The smallest absolute Gasteiger partial charge is 0.338 e. The molecule has 1 aromatic rings. The molecule has 126 valence electrons. The van der Waals surface area contributed by atoms with Crippen LogP contribution in [0.15, 0.2) is 23.2 Å². The van der Waals surface area contributed by atoms with Crippen LogP contribution in [0.25, 0.3) is 0 Å². The van der Waals surface area contributed by atoms with E-state index in [4.69, 9.17) is 9.47 Å². The number of isocyanates is 1. The third kappa shape index (κ3) is 6.22. The highest BCUT2D eigenvalue weighted by molar-refractivity contribution is 5.91. The summed E-state index contributed by atoms with van der Waals surface area (Å²) in [6, 6.07) is 4.71. The van der Waals surface area contributed by atoms with E-state index in [1.165, 1.54) is 12.1 Å². The van der Waals surface area contributed by atoms with Gasteiger partial charge in [0.05, 0.1) is 12.2 Å². The summed E-state index contributed by atoms with van der Waals surface area (Å²) in [7, 11) is 0. The minimum atomic E-state index is -0.443. The van der Waals surface area contributed by atoms with Crippen LogP contribution in [0.2, 0.25) is 0 Å². The Labute approximate surface area is 137 Å². The molecule has 0 aliphatic rings. The molecule has 0 spiro atoms. The lowest BCUT2D eigenvalue weighted by Gasteiger charge is -2.17. The number of carbonyl (C=O) groups is 1. The van der Waals surface area contributed by atoms with E-state index in [2.05, 4.69) is 23.7 Å². The second-order valence-electron chi connectivity index (χ2n) is 4.90. The summed E-state index contributed by atoms with van der Waals surface area (Å²) in [4.78, 5) is 28.3. The lowest BCUT2D eigenvalue weighted by Crippen LogP contribution is -2.27. The van der Waals surface area contributed by atoms with E-state index in [1.54, 1.807) is 12.1 Å². The van der Waals surface area contributed by atoms with Crippen molar-refractivity contribution in [1.29, 1.82) is 0 Å². The number of hydrogen-bond donors (Lipinski definition) is 0. The molecule has 0 aliphatic heterocycles. The molecular formula is C17H24N2O4. The predicted octanol–water partition coefficient (Wildman–Crippen LogP) is 2.94. The lowest BCUT2D eigenvalue weighted by molar-refractivity contribution is 0.0466. The molecule has 0 bridgehead atoms. The highest BCUT2D eigenvalue weighted by atomic mass is 16.5. The molecule has 6 heteroatoms. The van der Waals surface area contributed by atoms with Gasteiger partial charge in [-0.25, -0.2) is 9.59 Å². The fourth-order valence-corrected chi connectivity index (χ4v) is 2.01. The zero-order valence-electron chi connectivity index (χ0n) is 14.0. The number of rotatable bonds is 10. The molecule has 23 heavy (non-hydrogen) atoms. The Morgan fingerprint density at radius 2 is 1.96 bits per heavy atom. The number of aliphatic imine (C=N–C) groups is 1. The van der Waals surface area contributed by atoms with Gasteiger partial charge in [-0.15, -0.1) is 0 Å². The molecule has 0 saturated carbocycles. The number of carbonyl (C=O) groups excluding carboxylic acids is 2. The van der Waals surface area contributed by atoms with Crippen molar-refractivity contribution < 1.29 is 19.1 Å². The second kappa shape index (κ2) is 10.5. The third-order valence-electron chi connectivity index (χ3n) is 3.36. The van der Waals surface area contributed by atoms with E-state index in [0.717, 1.165) is 19.5 Å². The average molecular weight is 320 g/mol. The molecular weight excluding hydrogens is 296 g/mol. The summed E-state index contributed by atoms with van der Waals surface area (Å²) in [5, 5.41) is 0. The number of benzene rings is 1. The number of nitrogens with zero attached hydrogens (tertiary/aromatic N) is 2. The molecule has 0 N–H and O–H groups in total. The van der Waals surface area contributed by atoms with Crippen LogP contribution in [0.4, 0.5) is 5.69 Å². The van der Waals surface area contributed by atoms with E-state index < -0.39 is 5.97 Å². The largest absolute Gasteiger partial charge is 0.491 e. The van der Waals surface area contributed by atoms with Crippen molar-refractivity contribution in [2.24, 2.45) is 4.99 Å². The molecule has 1 aromatic carbocycles. The zero-order chi connectivity index (χ0) is 17.1. The van der Waals surface area contributed by atoms with Gasteiger partial charge in [0.25, 0.3) is 0 Å². The van der Waals surface area contributed by atoms with E-state index in [-0.39, 0.29) is 5.69 Å². The van der Waals surface area contributed by atoms with E-state index in [0.29, 0.717) is 31.1 Å². The number of hydrogen-bond acceptors (Lipinski definition) is 6. The van der Waals surface area contributed by atoms with Crippen LogP contribution in [0, 0.1) is 0 Å². The van der Waals surface area contributed by atoms with Gasteiger partial charge in [0.15, 0.2) is 0 Å². The molecule has 0 fully saturated rings. The number of esters is 1. The quantitative estimate of drug-likeness (QED) is 0.377. The minimum absolute atomic E-state index is 0.284.